The average molecular weight is 178 g/mol. The first-order valence-electron chi connectivity index (χ1n) is 1.72. The Bertz CT molecular complexity index is 67.0. The maximum absolute atomic E-state index is 2.99. The van der Waals surface area contributed by atoms with Crippen LogP contribution < -0.4 is 12.4 Å². The van der Waals surface area contributed by atoms with Gasteiger partial charge in [0.05, 0.1) is 0 Å². The van der Waals surface area contributed by atoms with Crippen LogP contribution in [0.5, 0.6) is 0 Å². The van der Waals surface area contributed by atoms with Crippen molar-refractivity contribution in [1.29, 1.82) is 0 Å². The van der Waals surface area contributed by atoms with Crippen molar-refractivity contribution in [1.82, 2.24) is 0 Å². The van der Waals surface area contributed by atoms with E-state index in [1.165, 1.54) is 0 Å². The molecule has 0 fully saturated rings. The van der Waals surface area contributed by atoms with Gasteiger partial charge < -0.3 is 27.3 Å². The first-order chi connectivity index (χ1) is 2.50. The molecular weight excluding hydrogens is 167 g/mol. The van der Waals surface area contributed by atoms with Crippen molar-refractivity contribution >= 4 is 0 Å². The fourth-order valence-corrected chi connectivity index (χ4v) is 0.340. The van der Waals surface area contributed by atoms with Gasteiger partial charge in [-0.3, -0.25) is 6.08 Å². The third kappa shape index (κ3) is 11.9. The van der Waals surface area contributed by atoms with Crippen molar-refractivity contribution in [3.05, 3.63) is 39.2 Å². The minimum atomic E-state index is 0. The third-order valence-corrected chi connectivity index (χ3v) is 0.586. The molecule has 0 aromatic carbocycles. The predicted octanol–water partition coefficient (Wildman–Crippen LogP) is -0.792. The molecular formula is C7H11ClTi-. The van der Waals surface area contributed by atoms with Crippen LogP contribution in [0.2, 0.25) is 0 Å². The van der Waals surface area contributed by atoms with Gasteiger partial charge in [-0.15, -0.1) is 6.42 Å². The second-order valence-electron chi connectivity index (χ2n) is 1.00. The van der Waals surface area contributed by atoms with Crippen molar-refractivity contribution < 1.29 is 34.1 Å². The minimum Gasteiger partial charge on any atom is -1.00 e. The molecule has 0 aromatic heterocycles. The standard InChI is InChI=1S/C5H5.2CH3.ClH.Ti/c1-2-4-5-3-1;;;;/h1-3H,4H2;2*1H3;1H;/q3*-1;;+3/p-1. The molecule has 2 heteroatoms. The van der Waals surface area contributed by atoms with E-state index >= 15 is 0 Å². The van der Waals surface area contributed by atoms with Crippen LogP contribution in [0.3, 0.4) is 0 Å². The Labute approximate surface area is 79.7 Å². The van der Waals surface area contributed by atoms with E-state index in [-0.39, 0.29) is 49.0 Å². The quantitative estimate of drug-likeness (QED) is 0.337. The van der Waals surface area contributed by atoms with Crippen LogP contribution in [0.4, 0.5) is 0 Å². The summed E-state index contributed by atoms with van der Waals surface area (Å²) in [4.78, 5) is 0. The van der Waals surface area contributed by atoms with Crippen LogP contribution >= 0.6 is 0 Å². The maximum atomic E-state index is 2.99. The molecule has 0 spiro atoms. The predicted molar refractivity (Wildman–Crippen MR) is 34.4 cm³/mol. The molecule has 0 aliphatic heterocycles. The molecule has 0 atom stereocenters. The summed E-state index contributed by atoms with van der Waals surface area (Å²) >= 11 is 0. The second-order valence-corrected chi connectivity index (χ2v) is 1.00. The number of hydrogen-bond acceptors (Lipinski definition) is 0. The normalized spacial score (nSPS) is 9.78. The molecule has 0 N–H and O–H groups in total. The van der Waals surface area contributed by atoms with Gasteiger partial charge in [0.2, 0.25) is 0 Å². The Balaban J connectivity index is -0.0000000312. The van der Waals surface area contributed by atoms with E-state index in [1.807, 2.05) is 12.2 Å². The summed E-state index contributed by atoms with van der Waals surface area (Å²) in [6.07, 6.45) is 10.0. The van der Waals surface area contributed by atoms with Gasteiger partial charge in [-0.05, 0) is 0 Å². The summed E-state index contributed by atoms with van der Waals surface area (Å²) < 4.78 is 0. The zero-order valence-corrected chi connectivity index (χ0v) is 8.13. The second kappa shape index (κ2) is 15.8. The number of hydrogen-bond donors (Lipinski definition) is 0. The molecule has 0 bridgehead atoms. The first kappa shape index (κ1) is 22.7. The molecule has 0 saturated carbocycles. The minimum absolute atomic E-state index is 0. The van der Waals surface area contributed by atoms with Gasteiger partial charge in [-0.2, -0.15) is 6.08 Å². The number of halogens is 1. The summed E-state index contributed by atoms with van der Waals surface area (Å²) in [6.45, 7) is 0. The Hall–Kier alpha value is 0.484. The third-order valence-electron chi connectivity index (χ3n) is 0.586. The summed E-state index contributed by atoms with van der Waals surface area (Å²) in [5, 5.41) is 0. The molecule has 0 amide bonds. The Morgan fingerprint density at radius 1 is 1.22 bits per heavy atom. The van der Waals surface area contributed by atoms with Crippen molar-refractivity contribution in [2.24, 2.45) is 0 Å². The molecule has 1 aliphatic carbocycles. The number of rotatable bonds is 0. The molecule has 1 radical (unpaired) electrons. The van der Waals surface area contributed by atoms with Gasteiger partial charge >= 0.3 is 21.7 Å². The monoisotopic (exact) mass is 178 g/mol. The zero-order chi connectivity index (χ0) is 3.54. The van der Waals surface area contributed by atoms with Gasteiger partial charge in [0, 0.05) is 0 Å². The molecule has 0 heterocycles. The van der Waals surface area contributed by atoms with Crippen LogP contribution in [-0.2, 0) is 21.7 Å². The topological polar surface area (TPSA) is 0 Å². The zero-order valence-electron chi connectivity index (χ0n) is 5.82. The van der Waals surface area contributed by atoms with E-state index in [0.29, 0.717) is 0 Å². The Morgan fingerprint density at radius 2 is 1.78 bits per heavy atom. The van der Waals surface area contributed by atoms with E-state index in [2.05, 4.69) is 12.2 Å². The molecule has 9 heavy (non-hydrogen) atoms. The summed E-state index contributed by atoms with van der Waals surface area (Å²) in [5.74, 6) is 0. The van der Waals surface area contributed by atoms with Gasteiger partial charge in [0.1, 0.15) is 0 Å². The van der Waals surface area contributed by atoms with E-state index in [4.69, 9.17) is 0 Å². The fourth-order valence-electron chi connectivity index (χ4n) is 0.340. The SMILES string of the molecule is [C-]1=CC=CC1.[CH3-].[CH3-].[Cl-].[Ti+3]. The van der Waals surface area contributed by atoms with Crippen LogP contribution in [0.25, 0.3) is 0 Å². The van der Waals surface area contributed by atoms with Crippen LogP contribution in [0.15, 0.2) is 18.2 Å². The fraction of sp³-hybridized carbons (Fsp3) is 0.143. The molecule has 1 aliphatic rings. The van der Waals surface area contributed by atoms with Crippen LogP contribution in [0.1, 0.15) is 6.42 Å². The van der Waals surface area contributed by atoms with Gasteiger partial charge in [0.25, 0.3) is 0 Å². The molecule has 0 unspecified atom stereocenters. The Kier molecular flexibility index (Phi) is 39.9. The van der Waals surface area contributed by atoms with E-state index in [0.717, 1.165) is 6.42 Å². The number of allylic oxidation sites excluding steroid dienone is 4. The first-order valence-corrected chi connectivity index (χ1v) is 1.72. The molecule has 1 rings (SSSR count). The summed E-state index contributed by atoms with van der Waals surface area (Å²) in [5.41, 5.74) is 0. The van der Waals surface area contributed by atoms with Crippen molar-refractivity contribution in [2.75, 3.05) is 0 Å². The van der Waals surface area contributed by atoms with Crippen molar-refractivity contribution in [3.8, 4) is 0 Å². The molecule has 0 aromatic rings. The smallest absolute Gasteiger partial charge is 1.00 e. The summed E-state index contributed by atoms with van der Waals surface area (Å²) in [7, 11) is 0. The van der Waals surface area contributed by atoms with Gasteiger partial charge in [0.15, 0.2) is 0 Å². The molecule has 51 valence electrons. The van der Waals surface area contributed by atoms with E-state index < -0.39 is 0 Å². The van der Waals surface area contributed by atoms with Crippen LogP contribution in [-0.4, -0.2) is 0 Å². The average Bonchev–Trinajstić information content (AvgIpc) is 1.76. The van der Waals surface area contributed by atoms with Gasteiger partial charge in [-0.1, -0.05) is 0 Å². The van der Waals surface area contributed by atoms with E-state index in [9.17, 15) is 0 Å². The van der Waals surface area contributed by atoms with E-state index in [1.54, 1.807) is 0 Å². The van der Waals surface area contributed by atoms with Crippen molar-refractivity contribution in [3.63, 3.8) is 0 Å². The maximum Gasteiger partial charge on any atom is 3.00 e. The Morgan fingerprint density at radius 3 is 1.89 bits per heavy atom. The summed E-state index contributed by atoms with van der Waals surface area (Å²) in [6, 6.07) is 0. The largest absolute Gasteiger partial charge is 3.00 e. The van der Waals surface area contributed by atoms with Crippen LogP contribution in [0, 0.1) is 20.9 Å². The van der Waals surface area contributed by atoms with Crippen molar-refractivity contribution in [2.45, 2.75) is 6.42 Å². The molecule has 0 saturated heterocycles. The van der Waals surface area contributed by atoms with Gasteiger partial charge in [-0.25, -0.2) is 12.2 Å². The molecule has 0 nitrogen and oxygen atoms in total.